The number of hydrogen-bond acceptors (Lipinski definition) is 6. The molecular formula is C18H20ClN5OS. The van der Waals surface area contributed by atoms with Crippen LogP contribution in [-0.2, 0) is 17.5 Å². The van der Waals surface area contributed by atoms with E-state index in [0.717, 1.165) is 64.6 Å². The van der Waals surface area contributed by atoms with Crippen molar-refractivity contribution in [2.24, 2.45) is 7.05 Å². The Balaban J connectivity index is 1.55. The van der Waals surface area contributed by atoms with Crippen molar-refractivity contribution in [2.75, 3.05) is 31.2 Å². The highest BCUT2D eigenvalue weighted by molar-refractivity contribution is 7.98. The first-order valence-electron chi connectivity index (χ1n) is 8.53. The molecule has 0 spiro atoms. The topological polar surface area (TPSA) is 56.1 Å². The van der Waals surface area contributed by atoms with Gasteiger partial charge in [-0.15, -0.1) is 10.2 Å². The summed E-state index contributed by atoms with van der Waals surface area (Å²) in [5, 5.41) is 11.4. The Labute approximate surface area is 161 Å². The predicted molar refractivity (Wildman–Crippen MR) is 105 cm³/mol. The van der Waals surface area contributed by atoms with Gasteiger partial charge in [0.2, 0.25) is 5.95 Å². The van der Waals surface area contributed by atoms with Crippen LogP contribution in [0.25, 0.3) is 10.9 Å². The fourth-order valence-corrected chi connectivity index (χ4v) is 4.26. The Hall–Kier alpha value is -1.83. The Morgan fingerprint density at radius 3 is 2.77 bits per heavy atom. The summed E-state index contributed by atoms with van der Waals surface area (Å²) < 4.78 is 7.43. The van der Waals surface area contributed by atoms with Gasteiger partial charge in [0.05, 0.1) is 29.4 Å². The molecule has 0 amide bonds. The number of fused-ring (bicyclic) bond motifs is 1. The monoisotopic (exact) mass is 389 g/mol. The van der Waals surface area contributed by atoms with Gasteiger partial charge in [-0.3, -0.25) is 9.55 Å². The molecule has 1 saturated heterocycles. The third-order valence-electron chi connectivity index (χ3n) is 4.59. The zero-order chi connectivity index (χ0) is 18.1. The fourth-order valence-electron chi connectivity index (χ4n) is 3.12. The molecule has 0 N–H and O–H groups in total. The number of ether oxygens (including phenoxy) is 1. The number of aromatic nitrogens is 4. The Bertz CT molecular complexity index is 939. The zero-order valence-corrected chi connectivity index (χ0v) is 16.3. The van der Waals surface area contributed by atoms with Crippen LogP contribution in [0.3, 0.4) is 0 Å². The number of morpholine rings is 1. The molecule has 0 saturated carbocycles. The predicted octanol–water partition coefficient (Wildman–Crippen LogP) is 3.45. The summed E-state index contributed by atoms with van der Waals surface area (Å²) >= 11 is 8.17. The second kappa shape index (κ2) is 7.42. The van der Waals surface area contributed by atoms with Crippen LogP contribution in [0, 0.1) is 6.92 Å². The van der Waals surface area contributed by atoms with Crippen molar-refractivity contribution in [3.8, 4) is 0 Å². The van der Waals surface area contributed by atoms with Crippen LogP contribution >= 0.6 is 23.4 Å². The first-order chi connectivity index (χ1) is 12.6. The van der Waals surface area contributed by atoms with Crippen molar-refractivity contribution >= 4 is 40.2 Å². The lowest BCUT2D eigenvalue weighted by atomic mass is 10.1. The second-order valence-electron chi connectivity index (χ2n) is 6.24. The number of benzene rings is 1. The molecule has 26 heavy (non-hydrogen) atoms. The molecule has 8 heteroatoms. The van der Waals surface area contributed by atoms with E-state index in [4.69, 9.17) is 21.3 Å². The van der Waals surface area contributed by atoms with E-state index in [-0.39, 0.29) is 0 Å². The van der Waals surface area contributed by atoms with Gasteiger partial charge >= 0.3 is 0 Å². The number of hydrogen-bond donors (Lipinski definition) is 0. The van der Waals surface area contributed by atoms with Crippen molar-refractivity contribution in [3.63, 3.8) is 0 Å². The van der Waals surface area contributed by atoms with E-state index in [1.54, 1.807) is 11.8 Å². The average Bonchev–Trinajstić information content (AvgIpc) is 3.05. The third kappa shape index (κ3) is 3.26. The Morgan fingerprint density at radius 1 is 1.19 bits per heavy atom. The van der Waals surface area contributed by atoms with Gasteiger partial charge in [0.1, 0.15) is 0 Å². The molecule has 1 fully saturated rings. The summed E-state index contributed by atoms with van der Waals surface area (Å²) in [7, 11) is 1.99. The molecule has 0 unspecified atom stereocenters. The minimum absolute atomic E-state index is 0.652. The largest absolute Gasteiger partial charge is 0.378 e. The van der Waals surface area contributed by atoms with E-state index in [0.29, 0.717) is 5.75 Å². The number of nitrogens with zero attached hydrogens (tertiary/aromatic N) is 5. The lowest BCUT2D eigenvalue weighted by Gasteiger charge is -2.27. The van der Waals surface area contributed by atoms with Crippen LogP contribution in [-0.4, -0.2) is 46.1 Å². The van der Waals surface area contributed by atoms with Crippen molar-refractivity contribution in [3.05, 3.63) is 40.5 Å². The van der Waals surface area contributed by atoms with Crippen LogP contribution in [0.5, 0.6) is 0 Å². The maximum absolute atomic E-state index is 6.56. The van der Waals surface area contributed by atoms with E-state index in [9.17, 15) is 0 Å². The van der Waals surface area contributed by atoms with Crippen LogP contribution in [0.2, 0.25) is 5.02 Å². The molecule has 1 aliphatic rings. The van der Waals surface area contributed by atoms with Crippen LogP contribution in [0.15, 0.2) is 29.4 Å². The minimum Gasteiger partial charge on any atom is -0.378 e. The normalized spacial score (nSPS) is 15.0. The highest BCUT2D eigenvalue weighted by atomic mass is 35.5. The minimum atomic E-state index is 0.652. The molecule has 0 radical (unpaired) electrons. The molecule has 4 rings (SSSR count). The quantitative estimate of drug-likeness (QED) is 0.637. The van der Waals surface area contributed by atoms with Gasteiger partial charge in [-0.1, -0.05) is 41.6 Å². The number of pyridine rings is 1. The first kappa shape index (κ1) is 17.6. The van der Waals surface area contributed by atoms with Crippen molar-refractivity contribution in [2.45, 2.75) is 17.8 Å². The highest BCUT2D eigenvalue weighted by Gasteiger charge is 2.19. The number of anilines is 1. The van der Waals surface area contributed by atoms with Gasteiger partial charge in [-0.2, -0.15) is 0 Å². The van der Waals surface area contributed by atoms with Crippen LogP contribution in [0.4, 0.5) is 5.95 Å². The zero-order valence-electron chi connectivity index (χ0n) is 14.8. The fraction of sp³-hybridized carbons (Fsp3) is 0.389. The molecule has 1 aromatic carbocycles. The van der Waals surface area contributed by atoms with Crippen LogP contribution in [0.1, 0.15) is 11.3 Å². The van der Waals surface area contributed by atoms with Gasteiger partial charge < -0.3 is 9.64 Å². The van der Waals surface area contributed by atoms with Crippen molar-refractivity contribution < 1.29 is 4.74 Å². The molecule has 3 heterocycles. The second-order valence-corrected chi connectivity index (χ2v) is 7.56. The lowest BCUT2D eigenvalue weighted by Crippen LogP contribution is -2.37. The molecule has 1 aliphatic heterocycles. The molecule has 136 valence electrons. The van der Waals surface area contributed by atoms with Crippen molar-refractivity contribution in [1.82, 2.24) is 19.7 Å². The highest BCUT2D eigenvalue weighted by Crippen LogP contribution is 2.31. The Morgan fingerprint density at radius 2 is 1.96 bits per heavy atom. The number of para-hydroxylation sites is 1. The van der Waals surface area contributed by atoms with E-state index >= 15 is 0 Å². The van der Waals surface area contributed by atoms with Gasteiger partial charge in [-0.25, -0.2) is 0 Å². The van der Waals surface area contributed by atoms with E-state index in [2.05, 4.69) is 21.2 Å². The first-order valence-corrected chi connectivity index (χ1v) is 9.90. The number of thioether (sulfide) groups is 1. The SMILES string of the molecule is Cc1c(Cl)c(CSc2nnc(N3CCOCC3)n2C)nc2ccccc12. The average molecular weight is 390 g/mol. The van der Waals surface area contributed by atoms with Crippen molar-refractivity contribution in [1.29, 1.82) is 0 Å². The van der Waals surface area contributed by atoms with Crippen LogP contribution < -0.4 is 4.90 Å². The lowest BCUT2D eigenvalue weighted by molar-refractivity contribution is 0.121. The summed E-state index contributed by atoms with van der Waals surface area (Å²) in [4.78, 5) is 6.94. The maximum Gasteiger partial charge on any atom is 0.227 e. The van der Waals surface area contributed by atoms with E-state index in [1.165, 1.54) is 0 Å². The number of aryl methyl sites for hydroxylation is 1. The number of halogens is 1. The molecule has 2 aromatic heterocycles. The molecule has 6 nitrogen and oxygen atoms in total. The smallest absolute Gasteiger partial charge is 0.227 e. The molecule has 0 bridgehead atoms. The standard InChI is InChI=1S/C18H20ClN5OS/c1-12-13-5-3-4-6-14(13)20-15(16(12)19)11-26-18-22-21-17(23(18)2)24-7-9-25-10-8-24/h3-6H,7-11H2,1-2H3. The summed E-state index contributed by atoms with van der Waals surface area (Å²) in [5.41, 5.74) is 2.92. The van der Waals surface area contributed by atoms with Gasteiger partial charge in [0, 0.05) is 31.3 Å². The maximum atomic E-state index is 6.56. The Kier molecular flexibility index (Phi) is 5.02. The molecule has 0 aliphatic carbocycles. The summed E-state index contributed by atoms with van der Waals surface area (Å²) in [5.74, 6) is 1.53. The molecular weight excluding hydrogens is 370 g/mol. The number of rotatable bonds is 4. The summed E-state index contributed by atoms with van der Waals surface area (Å²) in [6.45, 7) is 5.18. The van der Waals surface area contributed by atoms with Gasteiger partial charge in [0.25, 0.3) is 0 Å². The molecule has 3 aromatic rings. The summed E-state index contributed by atoms with van der Waals surface area (Å²) in [6.07, 6.45) is 0. The van der Waals surface area contributed by atoms with E-state index < -0.39 is 0 Å². The summed E-state index contributed by atoms with van der Waals surface area (Å²) in [6, 6.07) is 8.08. The van der Waals surface area contributed by atoms with E-state index in [1.807, 2.05) is 36.7 Å². The third-order valence-corrected chi connectivity index (χ3v) is 6.12. The molecule has 0 atom stereocenters. The van der Waals surface area contributed by atoms with Gasteiger partial charge in [-0.05, 0) is 18.6 Å². The van der Waals surface area contributed by atoms with Gasteiger partial charge in [0.15, 0.2) is 5.16 Å².